The molecule has 7 heteroatoms. The normalized spacial score (nSPS) is 11.4. The number of nitro benzene ring substituents is 1. The van der Waals surface area contributed by atoms with Gasteiger partial charge in [0.15, 0.2) is 0 Å². The maximum atomic E-state index is 12.5. The van der Waals surface area contributed by atoms with E-state index in [2.05, 4.69) is 10.3 Å². The second-order valence-electron chi connectivity index (χ2n) is 7.77. The van der Waals surface area contributed by atoms with Crippen molar-refractivity contribution in [2.24, 2.45) is 0 Å². The van der Waals surface area contributed by atoms with Gasteiger partial charge in [-0.15, -0.1) is 0 Å². The topological polar surface area (TPSA) is 105 Å². The smallest absolute Gasteiger partial charge is 0.273 e. The molecule has 1 amide bonds. The molecule has 3 rings (SSSR count). The summed E-state index contributed by atoms with van der Waals surface area (Å²) in [6.45, 7) is 7.70. The third-order valence-electron chi connectivity index (χ3n) is 4.58. The van der Waals surface area contributed by atoms with Gasteiger partial charge in [-0.05, 0) is 36.1 Å². The summed E-state index contributed by atoms with van der Waals surface area (Å²) in [5, 5.41) is 14.7. The minimum absolute atomic E-state index is 0.106. The van der Waals surface area contributed by atoms with Crippen molar-refractivity contribution in [3.63, 3.8) is 0 Å². The zero-order valence-electron chi connectivity index (χ0n) is 16.1. The molecular formula is C21H21N3O4. The number of aromatic nitrogens is 1. The largest absolute Gasteiger partial charge is 0.322 e. The standard InChI is InChI=1S/C21H21N3O4/c1-12-5-6-13(9-18(12)24(27)28)20(26)22-14-7-8-15-16(21(2,3)4)11-19(25)23-17(15)10-14/h5-11H,1-4H3,(H,22,26)(H,23,25). The third-order valence-corrected chi connectivity index (χ3v) is 4.58. The van der Waals surface area contributed by atoms with Crippen LogP contribution in [0.5, 0.6) is 0 Å². The Morgan fingerprint density at radius 3 is 2.46 bits per heavy atom. The van der Waals surface area contributed by atoms with Gasteiger partial charge in [0.05, 0.1) is 10.4 Å². The quantitative estimate of drug-likeness (QED) is 0.523. The Kier molecular flexibility index (Phi) is 4.77. The number of nitro groups is 1. The number of nitrogens with one attached hydrogen (secondary N) is 2. The molecule has 1 heterocycles. The van der Waals surface area contributed by atoms with Gasteiger partial charge in [0.2, 0.25) is 5.56 Å². The molecule has 0 unspecified atom stereocenters. The zero-order valence-corrected chi connectivity index (χ0v) is 16.1. The minimum Gasteiger partial charge on any atom is -0.322 e. The van der Waals surface area contributed by atoms with E-state index in [1.54, 1.807) is 31.2 Å². The molecule has 3 aromatic rings. The first-order valence-electron chi connectivity index (χ1n) is 8.80. The Bertz CT molecular complexity index is 1160. The fraction of sp³-hybridized carbons (Fsp3) is 0.238. The van der Waals surface area contributed by atoms with Gasteiger partial charge >= 0.3 is 0 Å². The molecule has 0 aliphatic carbocycles. The van der Waals surface area contributed by atoms with Gasteiger partial charge in [0, 0.05) is 34.3 Å². The fourth-order valence-electron chi connectivity index (χ4n) is 3.11. The second kappa shape index (κ2) is 6.92. The van der Waals surface area contributed by atoms with E-state index in [1.165, 1.54) is 12.1 Å². The predicted octanol–water partition coefficient (Wildman–Crippen LogP) is 4.29. The van der Waals surface area contributed by atoms with E-state index in [1.807, 2.05) is 26.8 Å². The van der Waals surface area contributed by atoms with E-state index >= 15 is 0 Å². The highest BCUT2D eigenvalue weighted by Gasteiger charge is 2.19. The number of aryl methyl sites for hydroxylation is 1. The van der Waals surface area contributed by atoms with Crippen LogP contribution in [0.1, 0.15) is 42.3 Å². The van der Waals surface area contributed by atoms with Crippen LogP contribution in [-0.2, 0) is 5.41 Å². The first-order chi connectivity index (χ1) is 13.1. The number of H-pyrrole nitrogens is 1. The molecule has 0 saturated carbocycles. The van der Waals surface area contributed by atoms with Crippen LogP contribution in [0.2, 0.25) is 0 Å². The van der Waals surface area contributed by atoms with Gasteiger partial charge in [-0.1, -0.05) is 32.9 Å². The number of nitrogens with zero attached hydrogens (tertiary/aromatic N) is 1. The van der Waals surface area contributed by atoms with Crippen LogP contribution in [0, 0.1) is 17.0 Å². The summed E-state index contributed by atoms with van der Waals surface area (Å²) in [7, 11) is 0. The highest BCUT2D eigenvalue weighted by Crippen LogP contribution is 2.29. The summed E-state index contributed by atoms with van der Waals surface area (Å²) >= 11 is 0. The second-order valence-corrected chi connectivity index (χ2v) is 7.77. The summed E-state index contributed by atoms with van der Waals surface area (Å²) in [5.74, 6) is -0.461. The van der Waals surface area contributed by atoms with Crippen molar-refractivity contribution in [2.45, 2.75) is 33.1 Å². The predicted molar refractivity (Wildman–Crippen MR) is 109 cm³/mol. The van der Waals surface area contributed by atoms with Gasteiger partial charge in [0.25, 0.3) is 11.6 Å². The SMILES string of the molecule is Cc1ccc(C(=O)Nc2ccc3c(C(C)(C)C)cc(=O)[nH]c3c2)cc1[N+](=O)[O-]. The molecule has 0 atom stereocenters. The number of hydrogen-bond donors (Lipinski definition) is 2. The minimum atomic E-state index is -0.513. The van der Waals surface area contributed by atoms with E-state index in [0.29, 0.717) is 16.8 Å². The van der Waals surface area contributed by atoms with Crippen molar-refractivity contribution in [2.75, 3.05) is 5.32 Å². The summed E-state index contributed by atoms with van der Waals surface area (Å²) in [6, 6.07) is 11.2. The molecule has 0 aliphatic rings. The van der Waals surface area contributed by atoms with Crippen molar-refractivity contribution in [3.05, 3.63) is 79.6 Å². The van der Waals surface area contributed by atoms with Gasteiger partial charge in [-0.25, -0.2) is 0 Å². The number of benzene rings is 2. The number of carbonyl (C=O) groups excluding carboxylic acids is 1. The Hall–Kier alpha value is -3.48. The number of rotatable bonds is 3. The van der Waals surface area contributed by atoms with Crippen molar-refractivity contribution < 1.29 is 9.72 Å². The average Bonchev–Trinajstić information content (AvgIpc) is 2.60. The number of anilines is 1. The molecule has 2 N–H and O–H groups in total. The first kappa shape index (κ1) is 19.3. The summed E-state index contributed by atoms with van der Waals surface area (Å²) in [4.78, 5) is 37.9. The molecule has 0 fully saturated rings. The summed E-state index contributed by atoms with van der Waals surface area (Å²) < 4.78 is 0. The van der Waals surface area contributed by atoms with Crippen LogP contribution in [-0.4, -0.2) is 15.8 Å². The van der Waals surface area contributed by atoms with Crippen LogP contribution in [0.3, 0.4) is 0 Å². The molecule has 0 bridgehead atoms. The monoisotopic (exact) mass is 379 g/mol. The zero-order chi connectivity index (χ0) is 20.6. The van der Waals surface area contributed by atoms with Crippen molar-refractivity contribution in [1.29, 1.82) is 0 Å². The molecule has 28 heavy (non-hydrogen) atoms. The molecule has 0 aliphatic heterocycles. The molecule has 0 saturated heterocycles. The number of pyridine rings is 1. The molecule has 0 radical (unpaired) electrons. The lowest BCUT2D eigenvalue weighted by molar-refractivity contribution is -0.385. The number of carbonyl (C=O) groups is 1. The van der Waals surface area contributed by atoms with Gasteiger partial charge in [-0.3, -0.25) is 19.7 Å². The average molecular weight is 379 g/mol. The number of fused-ring (bicyclic) bond motifs is 1. The van der Waals surface area contributed by atoms with Gasteiger partial charge in [0.1, 0.15) is 0 Å². The third kappa shape index (κ3) is 3.78. The van der Waals surface area contributed by atoms with Crippen molar-refractivity contribution in [3.8, 4) is 0 Å². The Balaban J connectivity index is 1.97. The maximum absolute atomic E-state index is 12.5. The lowest BCUT2D eigenvalue weighted by Crippen LogP contribution is -2.17. The Morgan fingerprint density at radius 2 is 1.82 bits per heavy atom. The van der Waals surface area contributed by atoms with Crippen LogP contribution >= 0.6 is 0 Å². The van der Waals surface area contributed by atoms with Crippen molar-refractivity contribution >= 4 is 28.2 Å². The molecule has 1 aromatic heterocycles. The summed E-state index contributed by atoms with van der Waals surface area (Å²) in [5.41, 5.74) is 2.16. The Morgan fingerprint density at radius 1 is 1.11 bits per heavy atom. The van der Waals surface area contributed by atoms with Crippen molar-refractivity contribution in [1.82, 2.24) is 4.98 Å². The van der Waals surface area contributed by atoms with E-state index < -0.39 is 10.8 Å². The fourth-order valence-corrected chi connectivity index (χ4v) is 3.11. The van der Waals surface area contributed by atoms with Crippen LogP contribution in [0.15, 0.2) is 47.3 Å². The number of aromatic amines is 1. The van der Waals surface area contributed by atoms with E-state index in [-0.39, 0.29) is 22.2 Å². The molecular weight excluding hydrogens is 358 g/mol. The Labute approximate surface area is 161 Å². The molecule has 7 nitrogen and oxygen atoms in total. The van der Waals surface area contributed by atoms with Gasteiger partial charge in [-0.2, -0.15) is 0 Å². The lowest BCUT2D eigenvalue weighted by Gasteiger charge is -2.21. The molecule has 0 spiro atoms. The molecule has 144 valence electrons. The van der Waals surface area contributed by atoms with Crippen LogP contribution in [0.25, 0.3) is 10.9 Å². The van der Waals surface area contributed by atoms with E-state index in [4.69, 9.17) is 0 Å². The van der Waals surface area contributed by atoms with Crippen LogP contribution < -0.4 is 10.9 Å². The molecule has 2 aromatic carbocycles. The first-order valence-corrected chi connectivity index (χ1v) is 8.80. The highest BCUT2D eigenvalue weighted by molar-refractivity contribution is 6.05. The summed E-state index contributed by atoms with van der Waals surface area (Å²) in [6.07, 6.45) is 0. The lowest BCUT2D eigenvalue weighted by atomic mass is 9.85. The van der Waals surface area contributed by atoms with E-state index in [0.717, 1.165) is 10.9 Å². The maximum Gasteiger partial charge on any atom is 0.273 e. The van der Waals surface area contributed by atoms with E-state index in [9.17, 15) is 19.7 Å². The number of amides is 1. The number of hydrogen-bond acceptors (Lipinski definition) is 4. The van der Waals surface area contributed by atoms with Crippen LogP contribution in [0.4, 0.5) is 11.4 Å². The highest BCUT2D eigenvalue weighted by atomic mass is 16.6. The van der Waals surface area contributed by atoms with Gasteiger partial charge < -0.3 is 10.3 Å².